The zero-order chi connectivity index (χ0) is 14.1. The molecule has 20 heavy (non-hydrogen) atoms. The number of carbonyl (C=O) groups excluding carboxylic acids is 2. The molecule has 1 aliphatic carbocycles. The fourth-order valence-corrected chi connectivity index (χ4v) is 3.26. The van der Waals surface area contributed by atoms with Crippen molar-refractivity contribution in [2.24, 2.45) is 23.7 Å². The van der Waals surface area contributed by atoms with Crippen molar-refractivity contribution >= 4 is 18.0 Å². The van der Waals surface area contributed by atoms with Gasteiger partial charge in [0, 0.05) is 0 Å². The van der Waals surface area contributed by atoms with Crippen LogP contribution in [0, 0.1) is 23.7 Å². The van der Waals surface area contributed by atoms with Crippen LogP contribution >= 0.6 is 0 Å². The normalized spacial score (nSPS) is 32.4. The summed E-state index contributed by atoms with van der Waals surface area (Å²) >= 11 is 0. The van der Waals surface area contributed by atoms with Crippen LogP contribution in [0.1, 0.15) is 12.0 Å². The number of ether oxygens (including phenoxy) is 1. The predicted molar refractivity (Wildman–Crippen MR) is 75.3 cm³/mol. The Labute approximate surface area is 117 Å². The lowest BCUT2D eigenvalue weighted by atomic mass is 9.89. The van der Waals surface area contributed by atoms with Crippen molar-refractivity contribution in [3.05, 3.63) is 54.6 Å². The summed E-state index contributed by atoms with van der Waals surface area (Å²) in [6.45, 7) is 3.77. The van der Waals surface area contributed by atoms with Gasteiger partial charge in [0.1, 0.15) is 0 Å². The van der Waals surface area contributed by atoms with Crippen LogP contribution in [0.15, 0.2) is 49.1 Å². The Bertz CT molecular complexity index is 573. The number of fused-ring (bicyclic) bond motifs is 1. The highest BCUT2D eigenvalue weighted by Crippen LogP contribution is 2.47. The van der Waals surface area contributed by atoms with Gasteiger partial charge in [0.15, 0.2) is 0 Å². The molecule has 0 bridgehead atoms. The minimum atomic E-state index is -0.388. The molecule has 0 amide bonds. The Kier molecular flexibility index (Phi) is 3.26. The van der Waals surface area contributed by atoms with Gasteiger partial charge >= 0.3 is 11.9 Å². The van der Waals surface area contributed by atoms with Crippen molar-refractivity contribution in [1.82, 2.24) is 0 Å². The highest BCUT2D eigenvalue weighted by atomic mass is 16.6. The predicted octanol–water partition coefficient (Wildman–Crippen LogP) is 2.84. The molecule has 102 valence electrons. The van der Waals surface area contributed by atoms with Gasteiger partial charge in [0.25, 0.3) is 0 Å². The Hall–Kier alpha value is -2.16. The number of hydrogen-bond acceptors (Lipinski definition) is 3. The topological polar surface area (TPSA) is 43.4 Å². The summed E-state index contributed by atoms with van der Waals surface area (Å²) in [6.07, 6.45) is 6.58. The lowest BCUT2D eigenvalue weighted by molar-refractivity contribution is -0.154. The molecule has 3 heteroatoms. The standard InChI is InChI=1S/C17H16O3/c1-2-12-10-13(9-8-11-6-4-3-5-7-11)15-14(12)16(18)20-17(15)19/h2-9,12-15H,1,10H2/b9-8+/t12-,13+,14?,15+/m0/s1. The Morgan fingerprint density at radius 1 is 1.05 bits per heavy atom. The molecule has 1 saturated carbocycles. The van der Waals surface area contributed by atoms with Crippen LogP contribution in [0.25, 0.3) is 6.08 Å². The molecule has 1 aromatic carbocycles. The molecule has 1 saturated heterocycles. The molecule has 1 unspecified atom stereocenters. The largest absolute Gasteiger partial charge is 0.393 e. The first kappa shape index (κ1) is 12.9. The van der Waals surface area contributed by atoms with Gasteiger partial charge in [-0.3, -0.25) is 9.59 Å². The van der Waals surface area contributed by atoms with Crippen LogP contribution in [0.3, 0.4) is 0 Å². The molecule has 0 aromatic heterocycles. The van der Waals surface area contributed by atoms with Crippen molar-refractivity contribution in [3.8, 4) is 0 Å². The third-order valence-electron chi connectivity index (χ3n) is 4.24. The number of cyclic esters (lactones) is 2. The lowest BCUT2D eigenvalue weighted by Gasteiger charge is -2.08. The summed E-state index contributed by atoms with van der Waals surface area (Å²) in [7, 11) is 0. The average Bonchev–Trinajstić information content (AvgIpc) is 2.97. The van der Waals surface area contributed by atoms with Crippen LogP contribution < -0.4 is 0 Å². The van der Waals surface area contributed by atoms with Gasteiger partial charge in [0.2, 0.25) is 0 Å². The molecular weight excluding hydrogens is 252 g/mol. The second-order valence-corrected chi connectivity index (χ2v) is 5.36. The Morgan fingerprint density at radius 2 is 1.70 bits per heavy atom. The van der Waals surface area contributed by atoms with E-state index >= 15 is 0 Å². The van der Waals surface area contributed by atoms with Crippen molar-refractivity contribution in [3.63, 3.8) is 0 Å². The van der Waals surface area contributed by atoms with E-state index in [1.54, 1.807) is 6.08 Å². The zero-order valence-corrected chi connectivity index (χ0v) is 11.1. The van der Waals surface area contributed by atoms with Crippen LogP contribution in [0.4, 0.5) is 0 Å². The van der Waals surface area contributed by atoms with Crippen LogP contribution in [-0.2, 0) is 14.3 Å². The van der Waals surface area contributed by atoms with E-state index in [-0.39, 0.29) is 35.6 Å². The molecule has 3 rings (SSSR count). The van der Waals surface area contributed by atoms with Gasteiger partial charge in [0.05, 0.1) is 11.8 Å². The Morgan fingerprint density at radius 3 is 2.35 bits per heavy atom. The van der Waals surface area contributed by atoms with Crippen LogP contribution in [0.5, 0.6) is 0 Å². The molecule has 1 heterocycles. The van der Waals surface area contributed by atoms with E-state index in [1.807, 2.05) is 42.5 Å². The van der Waals surface area contributed by atoms with Gasteiger partial charge in [-0.25, -0.2) is 0 Å². The summed E-state index contributed by atoms with van der Waals surface area (Å²) in [5.41, 5.74) is 1.09. The molecular formula is C17H16O3. The zero-order valence-electron chi connectivity index (χ0n) is 11.1. The molecule has 1 aliphatic heterocycles. The molecule has 0 N–H and O–H groups in total. The van der Waals surface area contributed by atoms with Crippen molar-refractivity contribution in [1.29, 1.82) is 0 Å². The minimum Gasteiger partial charge on any atom is -0.393 e. The van der Waals surface area contributed by atoms with Crippen LogP contribution in [0.2, 0.25) is 0 Å². The summed E-state index contributed by atoms with van der Waals surface area (Å²) < 4.78 is 4.78. The van der Waals surface area contributed by atoms with E-state index in [9.17, 15) is 9.59 Å². The maximum Gasteiger partial charge on any atom is 0.318 e. The maximum atomic E-state index is 11.8. The molecule has 2 fully saturated rings. The number of allylic oxidation sites excluding steroid dienone is 2. The molecule has 3 nitrogen and oxygen atoms in total. The van der Waals surface area contributed by atoms with E-state index in [2.05, 4.69) is 6.58 Å². The van der Waals surface area contributed by atoms with Gasteiger partial charge in [-0.15, -0.1) is 6.58 Å². The first-order valence-electron chi connectivity index (χ1n) is 6.82. The number of benzene rings is 1. The first-order chi connectivity index (χ1) is 9.70. The van der Waals surface area contributed by atoms with Crippen molar-refractivity contribution < 1.29 is 14.3 Å². The fraction of sp³-hybridized carbons (Fsp3) is 0.294. The molecule has 2 aliphatic rings. The van der Waals surface area contributed by atoms with Gasteiger partial charge in [-0.2, -0.15) is 0 Å². The van der Waals surface area contributed by atoms with E-state index in [4.69, 9.17) is 4.74 Å². The highest BCUT2D eigenvalue weighted by Gasteiger charge is 2.55. The number of carbonyl (C=O) groups is 2. The van der Waals surface area contributed by atoms with E-state index < -0.39 is 0 Å². The summed E-state index contributed by atoms with van der Waals surface area (Å²) in [4.78, 5) is 23.6. The molecule has 0 radical (unpaired) electrons. The quantitative estimate of drug-likeness (QED) is 0.481. The average molecular weight is 268 g/mol. The number of esters is 2. The second-order valence-electron chi connectivity index (χ2n) is 5.36. The van der Waals surface area contributed by atoms with Crippen LogP contribution in [-0.4, -0.2) is 11.9 Å². The smallest absolute Gasteiger partial charge is 0.318 e. The van der Waals surface area contributed by atoms with Gasteiger partial charge in [-0.05, 0) is 23.8 Å². The second kappa shape index (κ2) is 5.08. The SMILES string of the molecule is C=C[C@H]1C[C@@H](/C=C/c2ccccc2)[C@H]2C(=O)OC(=O)C12. The first-order valence-corrected chi connectivity index (χ1v) is 6.82. The fourth-order valence-electron chi connectivity index (χ4n) is 3.26. The summed E-state index contributed by atoms with van der Waals surface area (Å²) in [5.74, 6) is -1.38. The third-order valence-corrected chi connectivity index (χ3v) is 4.24. The van der Waals surface area contributed by atoms with Crippen molar-refractivity contribution in [2.45, 2.75) is 6.42 Å². The number of rotatable bonds is 3. The van der Waals surface area contributed by atoms with Gasteiger partial charge < -0.3 is 4.74 Å². The monoisotopic (exact) mass is 268 g/mol. The van der Waals surface area contributed by atoms with Gasteiger partial charge in [-0.1, -0.05) is 48.6 Å². The third kappa shape index (κ3) is 2.09. The summed E-state index contributed by atoms with van der Waals surface area (Å²) in [6, 6.07) is 9.91. The van der Waals surface area contributed by atoms with Crippen molar-refractivity contribution in [2.75, 3.05) is 0 Å². The Balaban J connectivity index is 1.84. The maximum absolute atomic E-state index is 11.8. The molecule has 1 aromatic rings. The number of hydrogen-bond donors (Lipinski definition) is 0. The summed E-state index contributed by atoms with van der Waals surface area (Å²) in [5, 5.41) is 0. The molecule has 4 atom stereocenters. The van der Waals surface area contributed by atoms with E-state index in [1.165, 1.54) is 0 Å². The van der Waals surface area contributed by atoms with E-state index in [0.29, 0.717) is 0 Å². The highest BCUT2D eigenvalue weighted by molar-refractivity contribution is 5.97. The lowest BCUT2D eigenvalue weighted by Crippen LogP contribution is -2.19. The molecule has 0 spiro atoms. The van der Waals surface area contributed by atoms with E-state index in [0.717, 1.165) is 12.0 Å². The minimum absolute atomic E-state index is 0.0318.